The molecule has 3 aromatic rings. The molecule has 2 aliphatic rings. The molecule has 1 aliphatic carbocycles. The zero-order chi connectivity index (χ0) is 28.2. The van der Waals surface area contributed by atoms with Crippen molar-refractivity contribution in [3.05, 3.63) is 46.9 Å². The number of esters is 1. The monoisotopic (exact) mass is 569 g/mol. The van der Waals surface area contributed by atoms with Crippen LogP contribution in [0, 0.1) is 11.8 Å². The Morgan fingerprint density at radius 1 is 1.00 bits per heavy atom. The minimum atomic E-state index is -0.681. The van der Waals surface area contributed by atoms with Gasteiger partial charge in [0.05, 0.1) is 25.3 Å². The van der Waals surface area contributed by atoms with E-state index in [4.69, 9.17) is 25.5 Å². The smallest absolute Gasteiger partial charge is 0.356 e. The molecule has 3 amide bonds. The normalized spacial score (nSPS) is 19.2. The van der Waals surface area contributed by atoms with E-state index < -0.39 is 11.9 Å². The molecular weight excluding hydrogens is 542 g/mol. The lowest BCUT2D eigenvalue weighted by Crippen LogP contribution is -2.44. The topological polar surface area (TPSA) is 153 Å². The van der Waals surface area contributed by atoms with Crippen molar-refractivity contribution in [1.82, 2.24) is 14.9 Å². The second-order valence-corrected chi connectivity index (χ2v) is 10.1. The van der Waals surface area contributed by atoms with Crippen LogP contribution in [-0.4, -0.2) is 72.0 Å². The summed E-state index contributed by atoms with van der Waals surface area (Å²) in [5.41, 5.74) is 0.335. The van der Waals surface area contributed by atoms with Crippen molar-refractivity contribution in [2.75, 3.05) is 44.0 Å². The lowest BCUT2D eigenvalue weighted by Gasteiger charge is -2.33. The van der Waals surface area contributed by atoms with Gasteiger partial charge < -0.3 is 29.4 Å². The molecule has 210 valence electrons. The fourth-order valence-corrected chi connectivity index (χ4v) is 5.07. The van der Waals surface area contributed by atoms with E-state index in [9.17, 15) is 19.2 Å². The molecule has 4 heterocycles. The van der Waals surface area contributed by atoms with Crippen molar-refractivity contribution >= 4 is 57.9 Å². The van der Waals surface area contributed by atoms with Gasteiger partial charge in [0.2, 0.25) is 17.6 Å². The Bertz CT molecular complexity index is 1430. The van der Waals surface area contributed by atoms with Crippen LogP contribution in [0.4, 0.5) is 11.5 Å². The SMILES string of the molecule is COC(=O)c1ccc2oc(C(=O)Nc3ccc(Cl)cn3)c(NC(=O)[C@H]3CC[C@H](C(=O)N4CCOCC4)CC3)c2n1. The largest absolute Gasteiger partial charge is 0.464 e. The van der Waals surface area contributed by atoms with Crippen molar-refractivity contribution in [1.29, 1.82) is 0 Å². The molecule has 40 heavy (non-hydrogen) atoms. The highest BCUT2D eigenvalue weighted by Crippen LogP contribution is 2.34. The highest BCUT2D eigenvalue weighted by molar-refractivity contribution is 6.30. The summed E-state index contributed by atoms with van der Waals surface area (Å²) in [5, 5.41) is 5.82. The number of hydrogen-bond acceptors (Lipinski definition) is 9. The molecule has 1 saturated heterocycles. The Kier molecular flexibility index (Phi) is 8.27. The van der Waals surface area contributed by atoms with Crippen molar-refractivity contribution in [2.24, 2.45) is 11.8 Å². The molecule has 0 aromatic carbocycles. The first kappa shape index (κ1) is 27.5. The third-order valence-electron chi connectivity index (χ3n) is 7.12. The Balaban J connectivity index is 1.35. The second kappa shape index (κ2) is 12.0. The van der Waals surface area contributed by atoms with Gasteiger partial charge in [0, 0.05) is 31.1 Å². The lowest BCUT2D eigenvalue weighted by atomic mass is 9.81. The molecule has 2 fully saturated rings. The number of halogens is 1. The Hall–Kier alpha value is -4.03. The van der Waals surface area contributed by atoms with Crippen molar-refractivity contribution in [3.63, 3.8) is 0 Å². The van der Waals surface area contributed by atoms with Gasteiger partial charge in [0.15, 0.2) is 5.58 Å². The molecule has 0 bridgehead atoms. The fraction of sp³-hybridized carbons (Fsp3) is 0.407. The number of aromatic nitrogens is 2. The number of hydrogen-bond donors (Lipinski definition) is 2. The average molecular weight is 570 g/mol. The number of fused-ring (bicyclic) bond motifs is 1. The molecule has 0 radical (unpaired) electrons. The summed E-state index contributed by atoms with van der Waals surface area (Å²) in [6, 6.07) is 5.96. The van der Waals surface area contributed by atoms with Gasteiger partial charge >= 0.3 is 5.97 Å². The summed E-state index contributed by atoms with van der Waals surface area (Å²) >= 11 is 5.88. The summed E-state index contributed by atoms with van der Waals surface area (Å²) in [6.45, 7) is 2.25. The summed E-state index contributed by atoms with van der Waals surface area (Å²) in [4.78, 5) is 61.8. The van der Waals surface area contributed by atoms with Crippen LogP contribution in [0.15, 0.2) is 34.9 Å². The first-order valence-corrected chi connectivity index (χ1v) is 13.3. The van der Waals surface area contributed by atoms with E-state index in [0.29, 0.717) is 57.0 Å². The number of amides is 3. The van der Waals surface area contributed by atoms with Crippen molar-refractivity contribution < 1.29 is 33.1 Å². The molecule has 2 N–H and O–H groups in total. The Morgan fingerprint density at radius 2 is 1.73 bits per heavy atom. The van der Waals surface area contributed by atoms with Crippen molar-refractivity contribution in [3.8, 4) is 0 Å². The number of rotatable bonds is 6. The first-order valence-electron chi connectivity index (χ1n) is 13.0. The highest BCUT2D eigenvalue weighted by Gasteiger charge is 2.34. The molecule has 5 rings (SSSR count). The number of morpholine rings is 1. The number of carbonyl (C=O) groups is 4. The number of pyridine rings is 2. The molecule has 12 nitrogen and oxygen atoms in total. The number of ether oxygens (including phenoxy) is 2. The van der Waals surface area contributed by atoms with Crippen LogP contribution >= 0.6 is 11.6 Å². The lowest BCUT2D eigenvalue weighted by molar-refractivity contribution is -0.141. The Labute approximate surface area is 234 Å². The second-order valence-electron chi connectivity index (χ2n) is 9.63. The molecule has 3 aromatic heterocycles. The van der Waals surface area contributed by atoms with Gasteiger partial charge in [-0.3, -0.25) is 14.4 Å². The van der Waals surface area contributed by atoms with E-state index in [1.165, 1.54) is 31.5 Å². The van der Waals surface area contributed by atoms with E-state index in [1.54, 1.807) is 6.07 Å². The predicted molar refractivity (Wildman–Crippen MR) is 144 cm³/mol. The zero-order valence-electron chi connectivity index (χ0n) is 21.8. The molecule has 1 saturated carbocycles. The van der Waals surface area contributed by atoms with Crippen LogP contribution in [0.1, 0.15) is 46.7 Å². The standard InChI is InChI=1S/C27H28ClN5O7/c1-38-27(37)18-7-8-19-21(30-18)22(23(40-19)25(35)31-20-9-6-17(28)14-29-20)32-24(34)15-2-4-16(5-3-15)26(36)33-10-12-39-13-11-33/h6-9,14-16H,2-5,10-13H2,1H3,(H,32,34)(H,29,31,35)/t15-,16-. The van der Waals surface area contributed by atoms with E-state index in [1.807, 2.05) is 4.90 Å². The minimum Gasteiger partial charge on any atom is -0.464 e. The van der Waals surface area contributed by atoms with Gasteiger partial charge in [-0.25, -0.2) is 14.8 Å². The molecule has 1 aliphatic heterocycles. The zero-order valence-corrected chi connectivity index (χ0v) is 22.5. The molecule has 0 spiro atoms. The maximum absolute atomic E-state index is 13.4. The maximum Gasteiger partial charge on any atom is 0.356 e. The first-order chi connectivity index (χ1) is 19.3. The van der Waals surface area contributed by atoms with E-state index >= 15 is 0 Å². The highest BCUT2D eigenvalue weighted by atomic mass is 35.5. The van der Waals surface area contributed by atoms with Crippen LogP contribution < -0.4 is 10.6 Å². The van der Waals surface area contributed by atoms with Gasteiger partial charge in [-0.1, -0.05) is 11.6 Å². The fourth-order valence-electron chi connectivity index (χ4n) is 4.96. The van der Waals surface area contributed by atoms with Gasteiger partial charge in [-0.2, -0.15) is 0 Å². The van der Waals surface area contributed by atoms with Crippen LogP contribution in [0.25, 0.3) is 11.1 Å². The number of nitrogens with zero attached hydrogens (tertiary/aromatic N) is 3. The molecule has 0 atom stereocenters. The summed E-state index contributed by atoms with van der Waals surface area (Å²) < 4.78 is 15.9. The average Bonchev–Trinajstić information content (AvgIpc) is 3.35. The number of furan rings is 1. The third kappa shape index (κ3) is 5.92. The molecule has 0 unspecified atom stereocenters. The van der Waals surface area contributed by atoms with Crippen LogP contribution in [0.5, 0.6) is 0 Å². The van der Waals surface area contributed by atoms with E-state index in [2.05, 4.69) is 20.6 Å². The van der Waals surface area contributed by atoms with E-state index in [0.717, 1.165) is 0 Å². The minimum absolute atomic E-state index is 0.0141. The molecular formula is C27H28ClN5O7. The predicted octanol–water partition coefficient (Wildman–Crippen LogP) is 3.52. The molecule has 13 heteroatoms. The quantitative estimate of drug-likeness (QED) is 0.424. The number of anilines is 2. The van der Waals surface area contributed by atoms with Crippen molar-refractivity contribution in [2.45, 2.75) is 25.7 Å². The van der Waals surface area contributed by atoms with Crippen LogP contribution in [0.2, 0.25) is 5.02 Å². The number of methoxy groups -OCH3 is 1. The third-order valence-corrected chi connectivity index (χ3v) is 7.35. The maximum atomic E-state index is 13.4. The Morgan fingerprint density at radius 3 is 2.40 bits per heavy atom. The number of carbonyl (C=O) groups excluding carboxylic acids is 4. The van der Waals surface area contributed by atoms with Gasteiger partial charge in [-0.15, -0.1) is 0 Å². The number of nitrogens with one attached hydrogen (secondary N) is 2. The van der Waals surface area contributed by atoms with E-state index in [-0.39, 0.29) is 57.7 Å². The van der Waals surface area contributed by atoms with Crippen LogP contribution in [-0.2, 0) is 19.1 Å². The van der Waals surface area contributed by atoms with Crippen LogP contribution in [0.3, 0.4) is 0 Å². The summed E-state index contributed by atoms with van der Waals surface area (Å²) in [5.74, 6) is -2.07. The van der Waals surface area contributed by atoms with Gasteiger partial charge in [0.1, 0.15) is 22.7 Å². The van der Waals surface area contributed by atoms with Gasteiger partial charge in [0.25, 0.3) is 5.91 Å². The summed E-state index contributed by atoms with van der Waals surface area (Å²) in [6.07, 6.45) is 3.57. The summed E-state index contributed by atoms with van der Waals surface area (Å²) in [7, 11) is 1.23. The van der Waals surface area contributed by atoms with Gasteiger partial charge in [-0.05, 0) is 49.9 Å².